The zero-order valence-electron chi connectivity index (χ0n) is 14.9. The number of pyridine rings is 2. The van der Waals surface area contributed by atoms with E-state index in [0.717, 1.165) is 34.3 Å². The molecule has 0 atom stereocenters. The van der Waals surface area contributed by atoms with Crippen LogP contribution in [0, 0.1) is 18.6 Å². The number of aromatic nitrogens is 2. The van der Waals surface area contributed by atoms with Crippen LogP contribution in [0.5, 0.6) is 0 Å². The van der Waals surface area contributed by atoms with Crippen LogP contribution in [0.1, 0.15) is 16.1 Å². The Kier molecular flexibility index (Phi) is 4.53. The number of hydrogen-bond acceptors (Lipinski definition) is 3. The molecule has 4 aromatic rings. The first-order valence-electron chi connectivity index (χ1n) is 8.62. The molecular weight excluding hydrogens is 360 g/mol. The standard InChI is InChI=1S/C22H15F2N3O/c1-13-12-16(14-6-3-2-4-7-14)15-10-11-19(26-21(15)25-13)27-22(28)20-17(23)8-5-9-18(20)24/h2-12H,1H3,(H,25,26,27,28). The van der Waals surface area contributed by atoms with Gasteiger partial charge in [0.2, 0.25) is 0 Å². The highest BCUT2D eigenvalue weighted by molar-refractivity contribution is 6.05. The van der Waals surface area contributed by atoms with Crippen molar-refractivity contribution >= 4 is 22.8 Å². The Morgan fingerprint density at radius 1 is 0.893 bits per heavy atom. The Bertz CT molecular complexity index is 1170. The lowest BCUT2D eigenvalue weighted by atomic mass is 10.0. The second kappa shape index (κ2) is 7.15. The number of fused-ring (bicyclic) bond motifs is 1. The van der Waals surface area contributed by atoms with E-state index in [-0.39, 0.29) is 5.82 Å². The average molecular weight is 375 g/mol. The number of amides is 1. The van der Waals surface area contributed by atoms with Crippen LogP contribution in [0.15, 0.2) is 66.7 Å². The molecule has 0 aliphatic rings. The van der Waals surface area contributed by atoms with E-state index in [4.69, 9.17) is 0 Å². The third kappa shape index (κ3) is 3.32. The molecule has 0 unspecified atom stereocenters. The SMILES string of the molecule is Cc1cc(-c2ccccc2)c2ccc(NC(=O)c3c(F)cccc3F)nc2n1. The van der Waals surface area contributed by atoms with Crippen molar-refractivity contribution in [3.8, 4) is 11.1 Å². The molecule has 4 nitrogen and oxygen atoms in total. The van der Waals surface area contributed by atoms with E-state index in [1.165, 1.54) is 6.07 Å². The Morgan fingerprint density at radius 3 is 2.32 bits per heavy atom. The lowest BCUT2D eigenvalue weighted by Crippen LogP contribution is -2.16. The molecule has 0 spiro atoms. The number of halogens is 2. The van der Waals surface area contributed by atoms with E-state index in [2.05, 4.69) is 15.3 Å². The summed E-state index contributed by atoms with van der Waals surface area (Å²) < 4.78 is 27.6. The summed E-state index contributed by atoms with van der Waals surface area (Å²) in [6, 6.07) is 18.4. The first kappa shape index (κ1) is 17.7. The van der Waals surface area contributed by atoms with Crippen LogP contribution in [0.4, 0.5) is 14.6 Å². The number of nitrogens with one attached hydrogen (secondary N) is 1. The fourth-order valence-corrected chi connectivity index (χ4v) is 3.05. The van der Waals surface area contributed by atoms with Gasteiger partial charge in [-0.05, 0) is 48.4 Å². The maximum absolute atomic E-state index is 13.8. The number of carbonyl (C=O) groups is 1. The molecule has 0 saturated heterocycles. The van der Waals surface area contributed by atoms with Gasteiger partial charge in [-0.25, -0.2) is 18.7 Å². The molecule has 0 bridgehead atoms. The van der Waals surface area contributed by atoms with Crippen molar-refractivity contribution in [3.63, 3.8) is 0 Å². The van der Waals surface area contributed by atoms with Gasteiger partial charge in [0.25, 0.3) is 5.91 Å². The number of hydrogen-bond donors (Lipinski definition) is 1. The van der Waals surface area contributed by atoms with Gasteiger partial charge in [0, 0.05) is 11.1 Å². The van der Waals surface area contributed by atoms with Gasteiger partial charge < -0.3 is 5.32 Å². The van der Waals surface area contributed by atoms with Crippen LogP contribution in [0.25, 0.3) is 22.2 Å². The van der Waals surface area contributed by atoms with Crippen LogP contribution in [-0.4, -0.2) is 15.9 Å². The number of anilines is 1. The topological polar surface area (TPSA) is 54.9 Å². The van der Waals surface area contributed by atoms with Gasteiger partial charge in [-0.2, -0.15) is 0 Å². The summed E-state index contributed by atoms with van der Waals surface area (Å²) in [5, 5.41) is 3.25. The van der Waals surface area contributed by atoms with Crippen molar-refractivity contribution in [2.75, 3.05) is 5.32 Å². The number of carbonyl (C=O) groups excluding carboxylic acids is 1. The van der Waals surface area contributed by atoms with Crippen LogP contribution in [-0.2, 0) is 0 Å². The fourth-order valence-electron chi connectivity index (χ4n) is 3.05. The third-order valence-electron chi connectivity index (χ3n) is 4.32. The van der Waals surface area contributed by atoms with Crippen LogP contribution >= 0.6 is 0 Å². The monoisotopic (exact) mass is 375 g/mol. The summed E-state index contributed by atoms with van der Waals surface area (Å²) in [7, 11) is 0. The summed E-state index contributed by atoms with van der Waals surface area (Å²) in [5.74, 6) is -2.60. The Balaban J connectivity index is 1.74. The van der Waals surface area contributed by atoms with Crippen molar-refractivity contribution in [1.29, 1.82) is 0 Å². The minimum Gasteiger partial charge on any atom is -0.306 e. The quantitative estimate of drug-likeness (QED) is 0.540. The summed E-state index contributed by atoms with van der Waals surface area (Å²) in [6.45, 7) is 1.85. The van der Waals surface area contributed by atoms with Crippen molar-refractivity contribution < 1.29 is 13.6 Å². The lowest BCUT2D eigenvalue weighted by molar-refractivity contribution is 0.101. The van der Waals surface area contributed by atoms with Crippen LogP contribution < -0.4 is 5.32 Å². The van der Waals surface area contributed by atoms with E-state index in [9.17, 15) is 13.6 Å². The van der Waals surface area contributed by atoms with E-state index in [1.54, 1.807) is 12.1 Å². The molecule has 2 aromatic heterocycles. The molecule has 0 radical (unpaired) electrons. The fraction of sp³-hybridized carbons (Fsp3) is 0.0455. The molecule has 2 aromatic carbocycles. The second-order valence-electron chi connectivity index (χ2n) is 6.30. The van der Waals surface area contributed by atoms with Gasteiger partial charge in [-0.1, -0.05) is 36.4 Å². The smallest absolute Gasteiger partial charge is 0.262 e. The number of benzene rings is 2. The first-order chi connectivity index (χ1) is 13.5. The van der Waals surface area contributed by atoms with Gasteiger partial charge in [-0.15, -0.1) is 0 Å². The van der Waals surface area contributed by atoms with Crippen molar-refractivity contribution in [2.45, 2.75) is 6.92 Å². The average Bonchev–Trinajstić information content (AvgIpc) is 2.67. The Morgan fingerprint density at radius 2 is 1.61 bits per heavy atom. The molecule has 0 fully saturated rings. The van der Waals surface area contributed by atoms with E-state index in [0.29, 0.717) is 5.65 Å². The maximum atomic E-state index is 13.8. The molecule has 2 heterocycles. The van der Waals surface area contributed by atoms with E-state index < -0.39 is 23.1 Å². The summed E-state index contributed by atoms with van der Waals surface area (Å²) in [4.78, 5) is 21.1. The molecular formula is C22H15F2N3O. The van der Waals surface area contributed by atoms with Crippen molar-refractivity contribution in [1.82, 2.24) is 9.97 Å². The zero-order chi connectivity index (χ0) is 19.7. The van der Waals surface area contributed by atoms with Crippen LogP contribution in [0.3, 0.4) is 0 Å². The Labute approximate surface area is 159 Å². The summed E-state index contributed by atoms with van der Waals surface area (Å²) in [6.07, 6.45) is 0. The Hall–Kier alpha value is -3.67. The molecule has 4 rings (SSSR count). The van der Waals surface area contributed by atoms with E-state index >= 15 is 0 Å². The van der Waals surface area contributed by atoms with E-state index in [1.807, 2.05) is 43.3 Å². The van der Waals surface area contributed by atoms with Crippen molar-refractivity contribution in [2.24, 2.45) is 0 Å². The van der Waals surface area contributed by atoms with Crippen molar-refractivity contribution in [3.05, 3.63) is 89.6 Å². The molecule has 0 aliphatic heterocycles. The molecule has 0 aliphatic carbocycles. The van der Waals surface area contributed by atoms with Gasteiger partial charge in [0.05, 0.1) is 0 Å². The predicted molar refractivity (Wildman–Crippen MR) is 104 cm³/mol. The highest BCUT2D eigenvalue weighted by Gasteiger charge is 2.18. The molecule has 0 saturated carbocycles. The molecule has 6 heteroatoms. The van der Waals surface area contributed by atoms with Gasteiger partial charge in [0.15, 0.2) is 5.65 Å². The number of rotatable bonds is 3. The normalized spacial score (nSPS) is 10.8. The summed E-state index contributed by atoms with van der Waals surface area (Å²) in [5.41, 5.74) is 2.54. The third-order valence-corrected chi connectivity index (χ3v) is 4.32. The molecule has 28 heavy (non-hydrogen) atoms. The largest absolute Gasteiger partial charge is 0.306 e. The molecule has 1 amide bonds. The van der Waals surface area contributed by atoms with Gasteiger partial charge in [0.1, 0.15) is 23.0 Å². The number of aryl methyl sites for hydroxylation is 1. The minimum absolute atomic E-state index is 0.164. The second-order valence-corrected chi connectivity index (χ2v) is 6.30. The highest BCUT2D eigenvalue weighted by Crippen LogP contribution is 2.28. The minimum atomic E-state index is -0.932. The molecule has 138 valence electrons. The maximum Gasteiger partial charge on any atom is 0.262 e. The van der Waals surface area contributed by atoms with Gasteiger partial charge in [-0.3, -0.25) is 4.79 Å². The first-order valence-corrected chi connectivity index (χ1v) is 8.62. The predicted octanol–water partition coefficient (Wildman–Crippen LogP) is 5.14. The lowest BCUT2D eigenvalue weighted by Gasteiger charge is -2.10. The number of nitrogens with zero attached hydrogens (tertiary/aromatic N) is 2. The van der Waals surface area contributed by atoms with Gasteiger partial charge >= 0.3 is 0 Å². The summed E-state index contributed by atoms with van der Waals surface area (Å²) >= 11 is 0. The molecule has 1 N–H and O–H groups in total. The highest BCUT2D eigenvalue weighted by atomic mass is 19.1. The van der Waals surface area contributed by atoms with Crippen LogP contribution in [0.2, 0.25) is 0 Å². The zero-order valence-corrected chi connectivity index (χ0v) is 14.9.